The van der Waals surface area contributed by atoms with E-state index in [1.165, 1.54) is 4.88 Å². The Morgan fingerprint density at radius 2 is 2.42 bits per heavy atom. The Morgan fingerprint density at radius 1 is 1.53 bits per heavy atom. The van der Waals surface area contributed by atoms with E-state index in [0.717, 1.165) is 13.0 Å². The van der Waals surface area contributed by atoms with Crippen LogP contribution in [0.5, 0.6) is 0 Å². The summed E-state index contributed by atoms with van der Waals surface area (Å²) < 4.78 is 10.5. The van der Waals surface area contributed by atoms with Crippen LogP contribution < -0.4 is 0 Å². The molecule has 19 heavy (non-hydrogen) atoms. The first kappa shape index (κ1) is 12.4. The van der Waals surface area contributed by atoms with Crippen molar-refractivity contribution in [3.05, 3.63) is 46.0 Å². The molecule has 0 radical (unpaired) electrons. The molecular formula is C14H15NO3S. The van der Waals surface area contributed by atoms with Crippen LogP contribution in [0, 0.1) is 0 Å². The third-order valence-electron chi connectivity index (χ3n) is 3.31. The number of carbonyl (C=O) groups is 1. The van der Waals surface area contributed by atoms with Crippen molar-refractivity contribution in [2.75, 3.05) is 13.7 Å². The maximum absolute atomic E-state index is 12.3. The van der Waals surface area contributed by atoms with E-state index in [0.29, 0.717) is 18.1 Å². The van der Waals surface area contributed by atoms with Crippen LogP contribution in [0.25, 0.3) is 0 Å². The van der Waals surface area contributed by atoms with Gasteiger partial charge in [0.05, 0.1) is 6.04 Å². The van der Waals surface area contributed by atoms with Crippen molar-refractivity contribution in [3.63, 3.8) is 0 Å². The van der Waals surface area contributed by atoms with Gasteiger partial charge in [-0.15, -0.1) is 11.3 Å². The van der Waals surface area contributed by atoms with Crippen LogP contribution in [0.4, 0.5) is 0 Å². The summed E-state index contributed by atoms with van der Waals surface area (Å²) in [4.78, 5) is 15.4. The maximum atomic E-state index is 12.3. The first-order valence-corrected chi connectivity index (χ1v) is 7.09. The largest absolute Gasteiger partial charge is 0.453 e. The average molecular weight is 277 g/mol. The van der Waals surface area contributed by atoms with E-state index in [9.17, 15) is 4.79 Å². The number of amides is 1. The number of likely N-dealkylation sites (tertiary alicyclic amines) is 1. The standard InChI is InChI=1S/C14H15NO3S/c1-17-9-10-4-5-12(18-10)14(16)15-7-6-11(15)13-3-2-8-19-13/h2-5,8,11H,6-7,9H2,1H3/t11-/m1/s1. The Balaban J connectivity index is 1.73. The van der Waals surface area contributed by atoms with Crippen molar-refractivity contribution >= 4 is 17.2 Å². The molecule has 1 amide bonds. The number of rotatable bonds is 4. The molecule has 1 fully saturated rings. The van der Waals surface area contributed by atoms with Gasteiger partial charge >= 0.3 is 0 Å². The van der Waals surface area contributed by atoms with E-state index in [1.807, 2.05) is 16.3 Å². The molecule has 1 aliphatic rings. The highest BCUT2D eigenvalue weighted by molar-refractivity contribution is 7.10. The topological polar surface area (TPSA) is 42.7 Å². The highest BCUT2D eigenvalue weighted by Crippen LogP contribution is 2.36. The number of hydrogen-bond acceptors (Lipinski definition) is 4. The zero-order valence-electron chi connectivity index (χ0n) is 10.7. The highest BCUT2D eigenvalue weighted by atomic mass is 32.1. The van der Waals surface area contributed by atoms with Crippen LogP contribution in [-0.4, -0.2) is 24.5 Å². The van der Waals surface area contributed by atoms with Crippen LogP contribution in [-0.2, 0) is 11.3 Å². The van der Waals surface area contributed by atoms with Gasteiger partial charge in [0.2, 0.25) is 0 Å². The molecule has 1 saturated heterocycles. The SMILES string of the molecule is COCc1ccc(C(=O)N2CC[C@@H]2c2cccs2)o1. The van der Waals surface area contributed by atoms with Gasteiger partial charge in [0, 0.05) is 18.5 Å². The van der Waals surface area contributed by atoms with Crippen molar-refractivity contribution < 1.29 is 13.9 Å². The molecule has 4 nitrogen and oxygen atoms in total. The monoisotopic (exact) mass is 277 g/mol. The summed E-state index contributed by atoms with van der Waals surface area (Å²) in [6, 6.07) is 7.82. The van der Waals surface area contributed by atoms with E-state index in [1.54, 1.807) is 30.6 Å². The molecule has 5 heteroatoms. The van der Waals surface area contributed by atoms with Gasteiger partial charge < -0.3 is 14.1 Å². The van der Waals surface area contributed by atoms with Gasteiger partial charge in [-0.3, -0.25) is 4.79 Å². The minimum Gasteiger partial charge on any atom is -0.453 e. The van der Waals surface area contributed by atoms with Gasteiger partial charge in [0.15, 0.2) is 5.76 Å². The van der Waals surface area contributed by atoms with Crippen LogP contribution in [0.1, 0.15) is 33.7 Å². The second-order valence-electron chi connectivity index (χ2n) is 4.52. The van der Waals surface area contributed by atoms with Gasteiger partial charge in [-0.05, 0) is 30.0 Å². The van der Waals surface area contributed by atoms with Crippen molar-refractivity contribution in [2.45, 2.75) is 19.1 Å². The Kier molecular flexibility index (Phi) is 3.40. The van der Waals surface area contributed by atoms with E-state index >= 15 is 0 Å². The summed E-state index contributed by atoms with van der Waals surface area (Å²) in [7, 11) is 1.60. The Hall–Kier alpha value is -1.59. The molecule has 100 valence electrons. The number of methoxy groups -OCH3 is 1. The minimum atomic E-state index is -0.0352. The zero-order valence-corrected chi connectivity index (χ0v) is 11.5. The molecule has 0 saturated carbocycles. The van der Waals surface area contributed by atoms with Crippen molar-refractivity contribution in [3.8, 4) is 0 Å². The lowest BCUT2D eigenvalue weighted by Gasteiger charge is -2.39. The third-order valence-corrected chi connectivity index (χ3v) is 4.28. The predicted molar refractivity (Wildman–Crippen MR) is 72.1 cm³/mol. The molecule has 1 aliphatic heterocycles. The summed E-state index contributed by atoms with van der Waals surface area (Å²) in [5, 5.41) is 2.04. The maximum Gasteiger partial charge on any atom is 0.290 e. The van der Waals surface area contributed by atoms with Gasteiger partial charge in [-0.1, -0.05) is 6.07 Å². The summed E-state index contributed by atoms with van der Waals surface area (Å²) in [6.45, 7) is 1.18. The second kappa shape index (κ2) is 5.19. The van der Waals surface area contributed by atoms with E-state index in [2.05, 4.69) is 6.07 Å². The normalized spacial score (nSPS) is 18.4. The van der Waals surface area contributed by atoms with Gasteiger partial charge in [0.1, 0.15) is 12.4 Å². The van der Waals surface area contributed by atoms with Crippen LogP contribution >= 0.6 is 11.3 Å². The molecule has 0 bridgehead atoms. The fourth-order valence-corrected chi connectivity index (χ4v) is 3.13. The number of nitrogens with zero attached hydrogens (tertiary/aromatic N) is 1. The fourth-order valence-electron chi connectivity index (χ4n) is 2.26. The van der Waals surface area contributed by atoms with E-state index in [-0.39, 0.29) is 11.9 Å². The molecule has 1 atom stereocenters. The van der Waals surface area contributed by atoms with Crippen molar-refractivity contribution in [2.24, 2.45) is 0 Å². The number of furan rings is 1. The Bertz CT molecular complexity index is 561. The molecule has 0 unspecified atom stereocenters. The first-order valence-electron chi connectivity index (χ1n) is 6.21. The molecule has 0 N–H and O–H groups in total. The number of hydrogen-bond donors (Lipinski definition) is 0. The van der Waals surface area contributed by atoms with Gasteiger partial charge in [-0.2, -0.15) is 0 Å². The predicted octanol–water partition coefficient (Wildman–Crippen LogP) is 3.07. The van der Waals surface area contributed by atoms with Gasteiger partial charge in [-0.25, -0.2) is 0 Å². The lowest BCUT2D eigenvalue weighted by Crippen LogP contribution is -2.44. The summed E-state index contributed by atoms with van der Waals surface area (Å²) >= 11 is 1.69. The Morgan fingerprint density at radius 3 is 3.05 bits per heavy atom. The lowest BCUT2D eigenvalue weighted by molar-refractivity contribution is 0.0429. The molecule has 0 aliphatic carbocycles. The summed E-state index contributed by atoms with van der Waals surface area (Å²) in [6.07, 6.45) is 1.03. The first-order chi connectivity index (χ1) is 9.29. The number of carbonyl (C=O) groups excluding carboxylic acids is 1. The lowest BCUT2D eigenvalue weighted by atomic mass is 10.0. The molecule has 0 spiro atoms. The van der Waals surface area contributed by atoms with E-state index < -0.39 is 0 Å². The highest BCUT2D eigenvalue weighted by Gasteiger charge is 2.35. The Labute approximate surface area is 115 Å². The molecular weight excluding hydrogens is 262 g/mol. The van der Waals surface area contributed by atoms with Crippen molar-refractivity contribution in [1.29, 1.82) is 0 Å². The number of ether oxygens (including phenoxy) is 1. The second-order valence-corrected chi connectivity index (χ2v) is 5.50. The van der Waals surface area contributed by atoms with Crippen LogP contribution in [0.3, 0.4) is 0 Å². The van der Waals surface area contributed by atoms with Crippen LogP contribution in [0.15, 0.2) is 34.1 Å². The molecule has 2 aromatic rings. The minimum absolute atomic E-state index is 0.0352. The molecule has 2 aromatic heterocycles. The van der Waals surface area contributed by atoms with E-state index in [4.69, 9.17) is 9.15 Å². The number of thiophene rings is 1. The van der Waals surface area contributed by atoms with Crippen molar-refractivity contribution in [1.82, 2.24) is 4.90 Å². The smallest absolute Gasteiger partial charge is 0.290 e. The molecule has 3 rings (SSSR count). The quantitative estimate of drug-likeness (QED) is 0.862. The van der Waals surface area contributed by atoms with Crippen LogP contribution in [0.2, 0.25) is 0 Å². The summed E-state index contributed by atoms with van der Waals surface area (Å²) in [5.41, 5.74) is 0. The third kappa shape index (κ3) is 2.31. The molecule has 0 aromatic carbocycles. The summed E-state index contributed by atoms with van der Waals surface area (Å²) in [5.74, 6) is 1.04. The average Bonchev–Trinajstić information content (AvgIpc) is 2.99. The fraction of sp³-hybridized carbons (Fsp3) is 0.357. The zero-order chi connectivity index (χ0) is 13.2. The van der Waals surface area contributed by atoms with Gasteiger partial charge in [0.25, 0.3) is 5.91 Å². The molecule has 3 heterocycles.